The number of aliphatic hydroxyl groups is 2. The molecular formula is C43H85O9P. The number of aliphatic hydroxyl groups excluding tert-OH is 2. The Morgan fingerprint density at radius 2 is 0.962 bits per heavy atom. The minimum absolute atomic E-state index is 0.0541. The van der Waals surface area contributed by atoms with Crippen LogP contribution in [0.5, 0.6) is 0 Å². The smallest absolute Gasteiger partial charge is 0.457 e. The molecule has 0 saturated heterocycles. The Hall–Kier alpha value is -0.800. The molecule has 0 bridgehead atoms. The van der Waals surface area contributed by atoms with Crippen LogP contribution >= 0.6 is 7.82 Å². The molecule has 0 fully saturated rings. The zero-order chi connectivity index (χ0) is 38.9. The van der Waals surface area contributed by atoms with Crippen molar-refractivity contribution in [3.05, 3.63) is 12.2 Å². The van der Waals surface area contributed by atoms with E-state index in [1.54, 1.807) is 0 Å². The van der Waals surface area contributed by atoms with Crippen molar-refractivity contribution < 1.29 is 43.0 Å². The van der Waals surface area contributed by atoms with Crippen LogP contribution < -0.4 is 0 Å². The summed E-state index contributed by atoms with van der Waals surface area (Å²) in [6.45, 7) is 3.51. The van der Waals surface area contributed by atoms with Crippen molar-refractivity contribution in [2.24, 2.45) is 0 Å². The molecule has 0 aromatic carbocycles. The lowest BCUT2D eigenvalue weighted by molar-refractivity contribution is -0.154. The lowest BCUT2D eigenvalue weighted by atomic mass is 10.0. The third kappa shape index (κ3) is 40.7. The molecule has 53 heavy (non-hydrogen) atoms. The first kappa shape index (κ1) is 52.2. The maximum atomic E-state index is 12.5. The van der Waals surface area contributed by atoms with Gasteiger partial charge in [-0.3, -0.25) is 13.8 Å². The van der Waals surface area contributed by atoms with Crippen molar-refractivity contribution in [2.75, 3.05) is 33.0 Å². The number of unbranched alkanes of at least 4 members (excludes halogenated alkanes) is 27. The molecule has 0 rings (SSSR count). The number of hydrogen-bond donors (Lipinski definition) is 3. The average molecular weight is 777 g/mol. The summed E-state index contributed by atoms with van der Waals surface area (Å²) in [7, 11) is -4.50. The fourth-order valence-electron chi connectivity index (χ4n) is 6.29. The molecule has 0 radical (unpaired) electrons. The second-order valence-electron chi connectivity index (χ2n) is 15.1. The average Bonchev–Trinajstić information content (AvgIpc) is 3.15. The van der Waals surface area contributed by atoms with Gasteiger partial charge in [0.05, 0.1) is 26.4 Å². The maximum Gasteiger partial charge on any atom is 0.472 e. The summed E-state index contributed by atoms with van der Waals surface area (Å²) in [5.74, 6) is -0.384. The van der Waals surface area contributed by atoms with Gasteiger partial charge in [0.15, 0.2) is 0 Å². The summed E-state index contributed by atoms with van der Waals surface area (Å²) < 4.78 is 33.2. The normalized spacial score (nSPS) is 14.1. The Kier molecular flexibility index (Phi) is 40.2. The van der Waals surface area contributed by atoms with Crippen LogP contribution in [0.1, 0.15) is 213 Å². The minimum Gasteiger partial charge on any atom is -0.457 e. The van der Waals surface area contributed by atoms with Crippen molar-refractivity contribution in [3.63, 3.8) is 0 Å². The van der Waals surface area contributed by atoms with E-state index in [1.807, 2.05) is 0 Å². The van der Waals surface area contributed by atoms with Crippen molar-refractivity contribution in [3.8, 4) is 0 Å². The molecule has 0 spiro atoms. The second kappa shape index (κ2) is 40.9. The van der Waals surface area contributed by atoms with Crippen LogP contribution in [0.25, 0.3) is 0 Å². The molecule has 3 unspecified atom stereocenters. The third-order valence-electron chi connectivity index (χ3n) is 9.70. The molecule has 0 aliphatic rings. The van der Waals surface area contributed by atoms with E-state index in [9.17, 15) is 19.4 Å². The van der Waals surface area contributed by atoms with Gasteiger partial charge >= 0.3 is 13.8 Å². The first-order valence-corrected chi connectivity index (χ1v) is 23.7. The van der Waals surface area contributed by atoms with Gasteiger partial charge in [0.1, 0.15) is 12.2 Å². The van der Waals surface area contributed by atoms with Crippen LogP contribution in [-0.4, -0.2) is 66.3 Å². The topological polar surface area (TPSA) is 132 Å². The molecule has 0 aromatic rings. The van der Waals surface area contributed by atoms with Crippen LogP contribution in [0.15, 0.2) is 12.2 Å². The lowest BCUT2D eigenvalue weighted by Crippen LogP contribution is -2.29. The number of esters is 1. The first-order chi connectivity index (χ1) is 25.8. The van der Waals surface area contributed by atoms with Gasteiger partial charge in [0.25, 0.3) is 0 Å². The van der Waals surface area contributed by atoms with E-state index in [0.717, 1.165) is 32.1 Å². The van der Waals surface area contributed by atoms with Gasteiger partial charge in [-0.1, -0.05) is 180 Å². The van der Waals surface area contributed by atoms with Gasteiger partial charge in [0, 0.05) is 13.0 Å². The van der Waals surface area contributed by atoms with E-state index < -0.39 is 33.2 Å². The Morgan fingerprint density at radius 1 is 0.566 bits per heavy atom. The number of carbonyl (C=O) groups is 1. The number of rotatable bonds is 43. The molecule has 3 N–H and O–H groups in total. The molecule has 0 aromatic heterocycles. The fraction of sp³-hybridized carbons (Fsp3) is 0.930. The number of phosphoric ester groups is 1. The third-order valence-corrected chi connectivity index (χ3v) is 10.7. The Bertz CT molecular complexity index is 841. The Labute approximate surface area is 326 Å². The van der Waals surface area contributed by atoms with E-state index >= 15 is 0 Å². The second-order valence-corrected chi connectivity index (χ2v) is 16.5. The van der Waals surface area contributed by atoms with Crippen LogP contribution in [0.4, 0.5) is 0 Å². The molecule has 3 atom stereocenters. The van der Waals surface area contributed by atoms with E-state index in [2.05, 4.69) is 26.0 Å². The Balaban J connectivity index is 3.93. The molecule has 0 aliphatic carbocycles. The van der Waals surface area contributed by atoms with E-state index in [0.29, 0.717) is 6.61 Å². The molecule has 0 saturated carbocycles. The molecule has 316 valence electrons. The predicted molar refractivity (Wildman–Crippen MR) is 219 cm³/mol. The number of hydrogen-bond acceptors (Lipinski definition) is 8. The largest absolute Gasteiger partial charge is 0.472 e. The number of allylic oxidation sites excluding steroid dienone is 2. The van der Waals surface area contributed by atoms with Gasteiger partial charge in [0.2, 0.25) is 0 Å². The van der Waals surface area contributed by atoms with Gasteiger partial charge in [-0.25, -0.2) is 4.57 Å². The van der Waals surface area contributed by atoms with Crippen LogP contribution in [-0.2, 0) is 27.9 Å². The van der Waals surface area contributed by atoms with E-state index in [1.165, 1.54) is 161 Å². The van der Waals surface area contributed by atoms with Gasteiger partial charge in [-0.2, -0.15) is 0 Å². The molecule has 10 heteroatoms. The minimum atomic E-state index is -4.50. The number of ether oxygens (including phenoxy) is 2. The van der Waals surface area contributed by atoms with Crippen LogP contribution in [0, 0.1) is 0 Å². The molecule has 0 amide bonds. The lowest BCUT2D eigenvalue weighted by Gasteiger charge is -2.20. The van der Waals surface area contributed by atoms with Crippen molar-refractivity contribution >= 4 is 13.8 Å². The monoisotopic (exact) mass is 777 g/mol. The quantitative estimate of drug-likeness (QED) is 0.0240. The van der Waals surface area contributed by atoms with Crippen molar-refractivity contribution in [2.45, 2.75) is 225 Å². The van der Waals surface area contributed by atoms with Crippen LogP contribution in [0.3, 0.4) is 0 Å². The highest BCUT2D eigenvalue weighted by atomic mass is 31.2. The SMILES string of the molecule is CCCCCCCCCC/C=C\CCCCCCCCCCCCCCOCC(COP(=O)(O)OCC(O)CO)OC(=O)CCCCCCCCCC. The predicted octanol–water partition coefficient (Wildman–Crippen LogP) is 12.1. The van der Waals surface area contributed by atoms with E-state index in [4.69, 9.17) is 23.6 Å². The summed E-state index contributed by atoms with van der Waals surface area (Å²) in [6, 6.07) is 0. The highest BCUT2D eigenvalue weighted by molar-refractivity contribution is 7.47. The Morgan fingerprint density at radius 3 is 1.42 bits per heavy atom. The molecule has 9 nitrogen and oxygen atoms in total. The zero-order valence-corrected chi connectivity index (χ0v) is 35.4. The summed E-state index contributed by atoms with van der Waals surface area (Å²) in [6.07, 6.45) is 40.6. The maximum absolute atomic E-state index is 12.5. The first-order valence-electron chi connectivity index (χ1n) is 22.2. The zero-order valence-electron chi connectivity index (χ0n) is 34.5. The highest BCUT2D eigenvalue weighted by Crippen LogP contribution is 2.43. The summed E-state index contributed by atoms with van der Waals surface area (Å²) in [5, 5.41) is 18.3. The summed E-state index contributed by atoms with van der Waals surface area (Å²) >= 11 is 0. The molecule has 0 heterocycles. The van der Waals surface area contributed by atoms with Gasteiger partial charge in [-0.05, 0) is 38.5 Å². The van der Waals surface area contributed by atoms with E-state index in [-0.39, 0.29) is 25.6 Å². The van der Waals surface area contributed by atoms with Gasteiger partial charge in [-0.15, -0.1) is 0 Å². The fourth-order valence-corrected chi connectivity index (χ4v) is 7.08. The molecular weight excluding hydrogens is 691 g/mol. The van der Waals surface area contributed by atoms with Crippen molar-refractivity contribution in [1.82, 2.24) is 0 Å². The van der Waals surface area contributed by atoms with Crippen molar-refractivity contribution in [1.29, 1.82) is 0 Å². The number of phosphoric acid groups is 1. The van der Waals surface area contributed by atoms with Gasteiger partial charge < -0.3 is 24.6 Å². The summed E-state index contributed by atoms with van der Waals surface area (Å²) in [4.78, 5) is 22.4. The number of carbonyl (C=O) groups excluding carboxylic acids is 1. The van der Waals surface area contributed by atoms with Crippen LogP contribution in [0.2, 0.25) is 0 Å². The highest BCUT2D eigenvalue weighted by Gasteiger charge is 2.26. The summed E-state index contributed by atoms with van der Waals surface area (Å²) in [5.41, 5.74) is 0. The standard InChI is InChI=1S/C43H85O9P/c1-3-5-7-9-11-13-14-15-16-17-18-19-20-21-22-23-24-25-26-27-28-30-32-34-36-49-39-42(40-51-53(47,48)50-38-41(45)37-44)52-43(46)35-33-31-29-12-10-8-6-4-2/h17-18,41-42,44-45H,3-16,19-40H2,1-2H3,(H,47,48)/b18-17-. The molecule has 0 aliphatic heterocycles.